The lowest BCUT2D eigenvalue weighted by Crippen LogP contribution is -2.41. The molecule has 0 unspecified atom stereocenters. The van der Waals surface area contributed by atoms with E-state index >= 15 is 0 Å². The normalized spacial score (nSPS) is 15.5. The van der Waals surface area contributed by atoms with E-state index in [1.54, 1.807) is 19.1 Å². The summed E-state index contributed by atoms with van der Waals surface area (Å²) in [5.74, 6) is -1.20. The van der Waals surface area contributed by atoms with E-state index in [0.717, 1.165) is 25.3 Å². The van der Waals surface area contributed by atoms with Crippen molar-refractivity contribution < 1.29 is 22.9 Å². The van der Waals surface area contributed by atoms with Crippen molar-refractivity contribution in [1.29, 1.82) is 0 Å². The van der Waals surface area contributed by atoms with E-state index < -0.39 is 32.8 Å². The van der Waals surface area contributed by atoms with Crippen LogP contribution in [0.4, 0.5) is 11.4 Å². The van der Waals surface area contributed by atoms with E-state index in [4.69, 9.17) is 0 Å². The molecule has 1 aliphatic rings. The fourth-order valence-corrected chi connectivity index (χ4v) is 5.32. The monoisotopic (exact) mass is 474 g/mol. The van der Waals surface area contributed by atoms with Gasteiger partial charge in [-0.25, -0.2) is 8.42 Å². The first-order chi connectivity index (χ1) is 15.6. The van der Waals surface area contributed by atoms with Crippen LogP contribution in [-0.2, 0) is 14.8 Å². The van der Waals surface area contributed by atoms with E-state index in [2.05, 4.69) is 10.6 Å². The van der Waals surface area contributed by atoms with Gasteiger partial charge < -0.3 is 10.6 Å². The smallest absolute Gasteiger partial charge is 0.270 e. The van der Waals surface area contributed by atoms with Crippen LogP contribution in [0.25, 0.3) is 0 Å². The first-order valence-corrected chi connectivity index (χ1v) is 12.0. The van der Waals surface area contributed by atoms with Crippen molar-refractivity contribution in [3.63, 3.8) is 0 Å². The molecule has 1 saturated heterocycles. The molecule has 176 valence electrons. The summed E-state index contributed by atoms with van der Waals surface area (Å²) in [5, 5.41) is 16.0. The summed E-state index contributed by atoms with van der Waals surface area (Å²) in [5.41, 5.74) is 0.680. The number of hydrogen-bond acceptors (Lipinski definition) is 6. The van der Waals surface area contributed by atoms with Gasteiger partial charge in [-0.3, -0.25) is 19.7 Å². The first kappa shape index (κ1) is 24.3. The highest BCUT2D eigenvalue weighted by atomic mass is 32.2. The van der Waals surface area contributed by atoms with Crippen LogP contribution in [0.3, 0.4) is 0 Å². The van der Waals surface area contributed by atoms with Crippen molar-refractivity contribution in [3.05, 3.63) is 63.7 Å². The van der Waals surface area contributed by atoms with Crippen molar-refractivity contribution in [2.75, 3.05) is 18.4 Å². The van der Waals surface area contributed by atoms with Crippen molar-refractivity contribution in [3.8, 4) is 0 Å². The van der Waals surface area contributed by atoms with Gasteiger partial charge in [-0.2, -0.15) is 4.31 Å². The minimum absolute atomic E-state index is 0.0501. The number of nitro groups is 1. The summed E-state index contributed by atoms with van der Waals surface area (Å²) in [6, 6.07) is 8.85. The molecule has 0 saturated carbocycles. The quantitative estimate of drug-likeness (QED) is 0.467. The third kappa shape index (κ3) is 5.74. The first-order valence-electron chi connectivity index (χ1n) is 10.6. The van der Waals surface area contributed by atoms with Gasteiger partial charge in [-0.05, 0) is 50.5 Å². The number of non-ortho nitro benzene ring substituents is 1. The number of aryl methyl sites for hydroxylation is 1. The van der Waals surface area contributed by atoms with Gasteiger partial charge in [0.15, 0.2) is 0 Å². The molecular weight excluding hydrogens is 448 g/mol. The fourth-order valence-electron chi connectivity index (χ4n) is 3.56. The topological polar surface area (TPSA) is 139 Å². The van der Waals surface area contributed by atoms with Crippen LogP contribution in [0.5, 0.6) is 0 Å². The van der Waals surface area contributed by atoms with Crippen LogP contribution in [-0.4, -0.2) is 48.6 Å². The van der Waals surface area contributed by atoms with Gasteiger partial charge in [0.05, 0.1) is 9.82 Å². The van der Waals surface area contributed by atoms with Crippen LogP contribution in [0.1, 0.15) is 42.1 Å². The number of hydrogen-bond donors (Lipinski definition) is 2. The maximum atomic E-state index is 13.1. The van der Waals surface area contributed by atoms with Crippen molar-refractivity contribution >= 4 is 33.2 Å². The highest BCUT2D eigenvalue weighted by Gasteiger charge is 2.28. The maximum Gasteiger partial charge on any atom is 0.270 e. The zero-order valence-electron chi connectivity index (χ0n) is 18.4. The molecular formula is C22H26N4O6S. The average Bonchev–Trinajstić information content (AvgIpc) is 2.80. The molecule has 0 bridgehead atoms. The molecule has 2 aromatic carbocycles. The fraction of sp³-hybridized carbons (Fsp3) is 0.364. The summed E-state index contributed by atoms with van der Waals surface area (Å²) >= 11 is 0. The zero-order valence-corrected chi connectivity index (χ0v) is 19.2. The summed E-state index contributed by atoms with van der Waals surface area (Å²) in [4.78, 5) is 35.4. The lowest BCUT2D eigenvalue weighted by molar-refractivity contribution is -0.384. The van der Waals surface area contributed by atoms with Gasteiger partial charge in [-0.15, -0.1) is 0 Å². The Morgan fingerprint density at radius 3 is 2.45 bits per heavy atom. The Kier molecular flexibility index (Phi) is 7.44. The molecule has 0 radical (unpaired) electrons. The molecule has 10 nitrogen and oxygen atoms in total. The predicted octanol–water partition coefficient (Wildman–Crippen LogP) is 2.83. The lowest BCUT2D eigenvalue weighted by atomic mass is 10.1. The van der Waals surface area contributed by atoms with Crippen molar-refractivity contribution in [2.45, 2.75) is 44.0 Å². The Labute approximate surface area is 192 Å². The number of nitrogens with zero attached hydrogens (tertiary/aromatic N) is 2. The van der Waals surface area contributed by atoms with E-state index in [0.29, 0.717) is 18.7 Å². The Bertz CT molecular complexity index is 1180. The molecule has 1 atom stereocenters. The summed E-state index contributed by atoms with van der Waals surface area (Å²) in [6.07, 6.45) is 2.63. The molecule has 2 N–H and O–H groups in total. The highest BCUT2D eigenvalue weighted by molar-refractivity contribution is 7.89. The standard InChI is InChI=1S/C22H26N4O6S/c1-15-9-10-18(14-20(15)33(31,32)25-11-4-3-5-12-25)24-21(27)16(2)23-22(28)17-7-6-8-19(13-17)26(29)30/h6-10,13-14,16H,3-5,11-12H2,1-2H3,(H,23,28)(H,24,27)/t16-/m0/s1. The van der Waals surface area contributed by atoms with Crippen LogP contribution in [0.15, 0.2) is 47.4 Å². The van der Waals surface area contributed by atoms with Gasteiger partial charge in [0.25, 0.3) is 11.6 Å². The largest absolute Gasteiger partial charge is 0.341 e. The molecule has 0 aromatic heterocycles. The zero-order chi connectivity index (χ0) is 24.2. The second kappa shape index (κ2) is 10.1. The molecule has 33 heavy (non-hydrogen) atoms. The lowest BCUT2D eigenvalue weighted by Gasteiger charge is -2.26. The molecule has 2 aromatic rings. The molecule has 1 heterocycles. The second-order valence-electron chi connectivity index (χ2n) is 7.94. The Balaban J connectivity index is 1.71. The van der Waals surface area contributed by atoms with Gasteiger partial charge in [0.2, 0.25) is 15.9 Å². The minimum Gasteiger partial charge on any atom is -0.341 e. The summed E-state index contributed by atoms with van der Waals surface area (Å²) in [6.45, 7) is 4.10. The molecule has 2 amide bonds. The molecule has 0 spiro atoms. The number of sulfonamides is 1. The second-order valence-corrected chi connectivity index (χ2v) is 9.84. The number of carbonyl (C=O) groups is 2. The number of anilines is 1. The number of benzene rings is 2. The maximum absolute atomic E-state index is 13.1. The Morgan fingerprint density at radius 1 is 1.09 bits per heavy atom. The highest BCUT2D eigenvalue weighted by Crippen LogP contribution is 2.26. The number of piperidine rings is 1. The Hall–Kier alpha value is -3.31. The third-order valence-electron chi connectivity index (χ3n) is 5.45. The summed E-state index contributed by atoms with van der Waals surface area (Å²) in [7, 11) is -3.68. The van der Waals surface area contributed by atoms with Crippen LogP contribution in [0.2, 0.25) is 0 Å². The number of carbonyl (C=O) groups excluding carboxylic acids is 2. The molecule has 3 rings (SSSR count). The molecule has 0 aliphatic carbocycles. The molecule has 1 aliphatic heterocycles. The van der Waals surface area contributed by atoms with Crippen molar-refractivity contribution in [1.82, 2.24) is 9.62 Å². The Morgan fingerprint density at radius 2 is 1.79 bits per heavy atom. The number of nitrogens with one attached hydrogen (secondary N) is 2. The van der Waals surface area contributed by atoms with Gasteiger partial charge in [0, 0.05) is 36.5 Å². The molecule has 1 fully saturated rings. The van der Waals surface area contributed by atoms with E-state index in [1.807, 2.05) is 0 Å². The number of nitro benzene ring substituents is 1. The average molecular weight is 475 g/mol. The minimum atomic E-state index is -3.68. The van der Waals surface area contributed by atoms with Gasteiger partial charge in [0.1, 0.15) is 6.04 Å². The number of amides is 2. The van der Waals surface area contributed by atoms with Crippen LogP contribution >= 0.6 is 0 Å². The van der Waals surface area contributed by atoms with Crippen molar-refractivity contribution in [2.24, 2.45) is 0 Å². The number of rotatable bonds is 7. The summed E-state index contributed by atoms with van der Waals surface area (Å²) < 4.78 is 27.6. The predicted molar refractivity (Wildman–Crippen MR) is 122 cm³/mol. The third-order valence-corrected chi connectivity index (χ3v) is 7.49. The van der Waals surface area contributed by atoms with Gasteiger partial charge in [-0.1, -0.05) is 18.6 Å². The van der Waals surface area contributed by atoms with Gasteiger partial charge >= 0.3 is 0 Å². The van der Waals surface area contributed by atoms with Crippen LogP contribution < -0.4 is 10.6 Å². The van der Waals surface area contributed by atoms with E-state index in [9.17, 15) is 28.1 Å². The molecule has 11 heteroatoms. The van der Waals surface area contributed by atoms with E-state index in [-0.39, 0.29) is 21.8 Å². The SMILES string of the molecule is Cc1ccc(NC(=O)[C@H](C)NC(=O)c2cccc([N+](=O)[O-])c2)cc1S(=O)(=O)N1CCCCC1. The van der Waals surface area contributed by atoms with E-state index in [1.165, 1.54) is 35.5 Å². The van der Waals surface area contributed by atoms with Crippen LogP contribution in [0, 0.1) is 17.0 Å².